The molecule has 0 unspecified atom stereocenters. The van der Waals surface area contributed by atoms with Crippen LogP contribution in [0, 0.1) is 13.8 Å². The molecule has 1 amide bonds. The second-order valence-corrected chi connectivity index (χ2v) is 12.1. The van der Waals surface area contributed by atoms with Gasteiger partial charge >= 0.3 is 20.6 Å². The highest BCUT2D eigenvalue weighted by Crippen LogP contribution is 2.35. The van der Waals surface area contributed by atoms with Crippen molar-refractivity contribution in [2.75, 3.05) is 16.8 Å². The van der Waals surface area contributed by atoms with Gasteiger partial charge in [-0.05, 0) is 73.0 Å². The number of nitrogens with one attached hydrogen (secondary N) is 1. The van der Waals surface area contributed by atoms with Gasteiger partial charge in [-0.2, -0.15) is 21.8 Å². The van der Waals surface area contributed by atoms with Gasteiger partial charge in [0.05, 0.1) is 20.6 Å². The number of rotatable bonds is 7. The van der Waals surface area contributed by atoms with Crippen LogP contribution in [0.4, 0.5) is 21.3 Å². The van der Waals surface area contributed by atoms with Crippen LogP contribution in [-0.2, 0) is 27.2 Å². The highest BCUT2D eigenvalue weighted by Gasteiger charge is 2.18. The molecule has 1 aromatic heterocycles. The maximum absolute atomic E-state index is 13.3. The molecule has 0 aliphatic heterocycles. The van der Waals surface area contributed by atoms with Crippen LogP contribution in [0.5, 0.6) is 5.75 Å². The maximum atomic E-state index is 13.3. The number of carbonyl (C=O) groups excluding carboxylic acids is 1. The Kier molecular flexibility index (Phi) is 10.7. The quantitative estimate of drug-likeness (QED) is 0.127. The van der Waals surface area contributed by atoms with Crippen molar-refractivity contribution in [2.24, 2.45) is 0 Å². The SMILES string of the molecule is Cc1cc(NC(=O)c2cccc(S(=O)(=O)F)c2)cc(C)c1OCc1nc(N)nc(N)c1-c1ccc(Cl)c(Cl)c1.O=S(=O)(O)O. The Hall–Kier alpha value is -4.06. The highest BCUT2D eigenvalue weighted by molar-refractivity contribution is 7.86. The number of carbonyl (C=O) groups is 1. The molecular formula is C26H24Cl2FN5O8S2. The number of hydrogen-bond donors (Lipinski definition) is 5. The van der Waals surface area contributed by atoms with E-state index in [1.54, 1.807) is 44.2 Å². The first-order valence-electron chi connectivity index (χ1n) is 12.0. The molecule has 234 valence electrons. The number of ether oxygens (including phenoxy) is 1. The Bertz CT molecular complexity index is 1930. The predicted octanol–water partition coefficient (Wildman–Crippen LogP) is 5.07. The van der Waals surface area contributed by atoms with Gasteiger partial charge in [-0.15, -0.1) is 3.89 Å². The van der Waals surface area contributed by atoms with Crippen LogP contribution in [-0.4, -0.2) is 41.8 Å². The average molecular weight is 689 g/mol. The zero-order valence-corrected chi connectivity index (χ0v) is 25.9. The lowest BCUT2D eigenvalue weighted by Crippen LogP contribution is -2.13. The Morgan fingerprint density at radius 1 is 0.955 bits per heavy atom. The van der Waals surface area contributed by atoms with Crippen molar-refractivity contribution >= 4 is 67.2 Å². The summed E-state index contributed by atoms with van der Waals surface area (Å²) in [5.41, 5.74) is 15.4. The molecule has 0 radical (unpaired) electrons. The predicted molar refractivity (Wildman–Crippen MR) is 163 cm³/mol. The minimum Gasteiger partial charge on any atom is -0.487 e. The molecule has 13 nitrogen and oxygen atoms in total. The molecule has 0 aliphatic carbocycles. The van der Waals surface area contributed by atoms with Gasteiger partial charge in [0, 0.05) is 16.8 Å². The summed E-state index contributed by atoms with van der Waals surface area (Å²) in [6, 6.07) is 13.1. The highest BCUT2D eigenvalue weighted by atomic mass is 35.5. The van der Waals surface area contributed by atoms with Crippen LogP contribution in [0.2, 0.25) is 10.0 Å². The molecule has 0 atom stereocenters. The van der Waals surface area contributed by atoms with Crippen LogP contribution < -0.4 is 21.5 Å². The fourth-order valence-corrected chi connectivity index (χ4v) is 4.81. The van der Waals surface area contributed by atoms with E-state index in [0.717, 1.165) is 12.1 Å². The zero-order valence-electron chi connectivity index (χ0n) is 22.7. The van der Waals surface area contributed by atoms with E-state index in [0.29, 0.717) is 49.4 Å². The fourth-order valence-electron chi connectivity index (χ4n) is 4.00. The van der Waals surface area contributed by atoms with Crippen LogP contribution in [0.25, 0.3) is 11.1 Å². The fraction of sp³-hybridized carbons (Fsp3) is 0.115. The Labute approximate surface area is 261 Å². The van der Waals surface area contributed by atoms with Crippen LogP contribution in [0.3, 0.4) is 0 Å². The first kappa shape index (κ1) is 34.4. The summed E-state index contributed by atoms with van der Waals surface area (Å²) in [7, 11) is -9.61. The van der Waals surface area contributed by atoms with E-state index < -0.39 is 31.4 Å². The maximum Gasteiger partial charge on any atom is 0.394 e. The van der Waals surface area contributed by atoms with E-state index in [4.69, 9.17) is 56.9 Å². The Morgan fingerprint density at radius 3 is 2.14 bits per heavy atom. The van der Waals surface area contributed by atoms with E-state index in [9.17, 15) is 17.1 Å². The van der Waals surface area contributed by atoms with Crippen molar-refractivity contribution in [1.29, 1.82) is 0 Å². The number of nitrogen functional groups attached to an aromatic ring is 2. The first-order chi connectivity index (χ1) is 20.3. The van der Waals surface area contributed by atoms with Crippen molar-refractivity contribution in [3.63, 3.8) is 0 Å². The number of aryl methyl sites for hydroxylation is 2. The van der Waals surface area contributed by atoms with Crippen LogP contribution in [0.15, 0.2) is 59.5 Å². The second-order valence-electron chi connectivity index (χ2n) is 9.01. The minimum atomic E-state index is -4.94. The summed E-state index contributed by atoms with van der Waals surface area (Å²) >= 11 is 12.2. The molecule has 7 N–H and O–H groups in total. The molecule has 4 aromatic rings. The van der Waals surface area contributed by atoms with Gasteiger partial charge in [0.15, 0.2) is 0 Å². The molecule has 0 bridgehead atoms. The summed E-state index contributed by atoms with van der Waals surface area (Å²) in [6.07, 6.45) is 0. The van der Waals surface area contributed by atoms with Crippen molar-refractivity contribution < 1.29 is 39.4 Å². The third-order valence-corrected chi connectivity index (χ3v) is 7.24. The Morgan fingerprint density at radius 2 is 1.57 bits per heavy atom. The lowest BCUT2D eigenvalue weighted by molar-refractivity contribution is 0.102. The molecule has 3 aromatic carbocycles. The summed E-state index contributed by atoms with van der Waals surface area (Å²) in [6.45, 7) is 3.57. The number of nitrogens with two attached hydrogens (primary N) is 2. The average Bonchev–Trinajstić information content (AvgIpc) is 2.88. The normalized spacial score (nSPS) is 11.3. The number of benzene rings is 3. The summed E-state index contributed by atoms with van der Waals surface area (Å²) in [5.74, 6) is 0.0576. The topological polar surface area (TPSA) is 225 Å². The Balaban J connectivity index is 0.000000978. The van der Waals surface area contributed by atoms with Crippen LogP contribution >= 0.6 is 23.2 Å². The summed E-state index contributed by atoms with van der Waals surface area (Å²) in [4.78, 5) is 20.4. The van der Waals surface area contributed by atoms with E-state index in [-0.39, 0.29) is 23.9 Å². The van der Waals surface area contributed by atoms with E-state index in [1.807, 2.05) is 0 Å². The van der Waals surface area contributed by atoms with E-state index in [2.05, 4.69) is 15.3 Å². The molecule has 0 spiro atoms. The number of hydrogen-bond acceptors (Lipinski definition) is 10. The van der Waals surface area contributed by atoms with Gasteiger partial charge in [0.1, 0.15) is 18.2 Å². The van der Waals surface area contributed by atoms with Crippen molar-refractivity contribution in [2.45, 2.75) is 25.3 Å². The second kappa shape index (κ2) is 13.7. The standard InChI is InChI=1S/C26H22Cl2FN5O4S.H2O4S/c1-13-8-17(32-25(35)16-4-3-5-18(10-16)39(29,36)37)9-14(2)23(13)38-12-21-22(24(30)34-26(31)33-21)15-6-7-19(27)20(28)11-15;1-5(2,3)4/h3-11H,12H2,1-2H3,(H,32,35)(H4,30,31,33,34);(H2,1,2,3,4). The van der Waals surface area contributed by atoms with Crippen LogP contribution in [0.1, 0.15) is 27.2 Å². The van der Waals surface area contributed by atoms with Crippen molar-refractivity contribution in [3.8, 4) is 16.9 Å². The molecule has 4 rings (SSSR count). The number of halogens is 3. The number of anilines is 3. The molecule has 44 heavy (non-hydrogen) atoms. The van der Waals surface area contributed by atoms with E-state index >= 15 is 0 Å². The first-order valence-corrected chi connectivity index (χ1v) is 15.5. The van der Waals surface area contributed by atoms with E-state index in [1.165, 1.54) is 12.1 Å². The van der Waals surface area contributed by atoms with Gasteiger partial charge in [0.25, 0.3) is 5.91 Å². The minimum absolute atomic E-state index is 0.00954. The molecule has 0 saturated heterocycles. The number of amides is 1. The lowest BCUT2D eigenvalue weighted by atomic mass is 10.0. The largest absolute Gasteiger partial charge is 0.487 e. The zero-order chi connectivity index (χ0) is 33.0. The lowest BCUT2D eigenvalue weighted by Gasteiger charge is -2.17. The number of nitrogens with zero attached hydrogens (tertiary/aromatic N) is 2. The summed E-state index contributed by atoms with van der Waals surface area (Å²) < 4.78 is 73.4. The molecule has 0 saturated carbocycles. The van der Waals surface area contributed by atoms with Crippen molar-refractivity contribution in [1.82, 2.24) is 9.97 Å². The molecule has 18 heteroatoms. The monoisotopic (exact) mass is 687 g/mol. The van der Waals surface area contributed by atoms with Gasteiger partial charge in [0.2, 0.25) is 5.95 Å². The van der Waals surface area contributed by atoms with Crippen molar-refractivity contribution in [3.05, 3.63) is 87.0 Å². The third kappa shape index (κ3) is 9.47. The van der Waals surface area contributed by atoms with Gasteiger partial charge in [-0.1, -0.05) is 35.3 Å². The number of aromatic nitrogens is 2. The molecule has 1 heterocycles. The van der Waals surface area contributed by atoms with Gasteiger partial charge < -0.3 is 21.5 Å². The molecule has 0 fully saturated rings. The van der Waals surface area contributed by atoms with Gasteiger partial charge in [-0.25, -0.2) is 4.98 Å². The molecule has 0 aliphatic rings. The van der Waals surface area contributed by atoms with Gasteiger partial charge in [-0.3, -0.25) is 13.9 Å². The third-order valence-electron chi connectivity index (χ3n) is 5.69. The smallest absolute Gasteiger partial charge is 0.394 e. The molecular weight excluding hydrogens is 664 g/mol. The summed E-state index contributed by atoms with van der Waals surface area (Å²) in [5, 5.41) is 3.40.